The predicted octanol–water partition coefficient (Wildman–Crippen LogP) is -8.63. The average molecular weight is 214 g/mol. The third-order valence-electron chi connectivity index (χ3n) is 1.21. The molecule has 0 aromatic heterocycles. The minimum Gasteiger partial charge on any atom is -0.550 e. The molecule has 0 saturated carbocycles. The monoisotopic (exact) mass is 214 g/mol. The van der Waals surface area contributed by atoms with E-state index in [2.05, 4.69) is 11.3 Å². The maximum absolute atomic E-state index is 10.8. The summed E-state index contributed by atoms with van der Waals surface area (Å²) in [4.78, 5) is 31.1. The number of ether oxygens (including phenoxy) is 1. The van der Waals surface area contributed by atoms with E-state index in [1.807, 2.05) is 0 Å². The second-order valence-electron chi connectivity index (χ2n) is 2.57. The Bertz CT molecular complexity index is 288. The third kappa shape index (κ3) is 8.64. The zero-order chi connectivity index (χ0) is 11.3. The van der Waals surface area contributed by atoms with Crippen molar-refractivity contribution in [2.45, 2.75) is 19.4 Å². The van der Waals surface area contributed by atoms with Crippen LogP contribution in [0.2, 0.25) is 0 Å². The van der Waals surface area contributed by atoms with Crippen molar-refractivity contribution < 1.29 is 67.1 Å². The summed E-state index contributed by atoms with van der Waals surface area (Å²) in [5.41, 5.74) is -0.0328. The Kier molecular flexibility index (Phi) is 12.4. The van der Waals surface area contributed by atoms with Crippen LogP contribution in [0.5, 0.6) is 0 Å². The first-order valence-electron chi connectivity index (χ1n) is 3.61. The topological polar surface area (TPSA) is 107 Å². The van der Waals surface area contributed by atoms with Crippen LogP contribution in [0.15, 0.2) is 12.2 Å². The standard InChI is InChI=1S/C8H10O6.2Li/c1-4(2)8(13)14-5(7(11)12)3-6(9)10;;/h5H,1,3H2,2H3,(H,9,10)(H,11,12);;/q;2*+1/p-2. The summed E-state index contributed by atoms with van der Waals surface area (Å²) in [6.07, 6.45) is -2.79. The molecule has 0 aliphatic carbocycles. The predicted molar refractivity (Wildman–Crippen MR) is 39.3 cm³/mol. The van der Waals surface area contributed by atoms with Gasteiger partial charge in [0.2, 0.25) is 0 Å². The number of esters is 1. The Morgan fingerprint density at radius 1 is 1.25 bits per heavy atom. The minimum absolute atomic E-state index is 0. The number of aliphatic carboxylic acids is 2. The summed E-state index contributed by atoms with van der Waals surface area (Å²) in [6, 6.07) is 0. The minimum atomic E-state index is -1.84. The van der Waals surface area contributed by atoms with Gasteiger partial charge in [0, 0.05) is 18.0 Å². The Morgan fingerprint density at radius 2 is 1.69 bits per heavy atom. The Morgan fingerprint density at radius 3 is 1.94 bits per heavy atom. The van der Waals surface area contributed by atoms with Gasteiger partial charge in [0.15, 0.2) is 0 Å². The molecular formula is C8H8Li2O6. The molecule has 0 aliphatic rings. The maximum Gasteiger partial charge on any atom is 1.00 e. The molecule has 78 valence electrons. The molecule has 1 atom stereocenters. The number of carboxylic acid groups (broad SMARTS) is 2. The summed E-state index contributed by atoms with van der Waals surface area (Å²) in [7, 11) is 0. The normalized spacial score (nSPS) is 10.1. The van der Waals surface area contributed by atoms with Gasteiger partial charge in [-0.2, -0.15) is 0 Å². The molecule has 0 radical (unpaired) electrons. The van der Waals surface area contributed by atoms with Gasteiger partial charge in [0.1, 0.15) is 6.10 Å². The van der Waals surface area contributed by atoms with E-state index < -0.39 is 30.4 Å². The van der Waals surface area contributed by atoms with E-state index in [9.17, 15) is 24.6 Å². The smallest absolute Gasteiger partial charge is 0.550 e. The van der Waals surface area contributed by atoms with Gasteiger partial charge in [-0.3, -0.25) is 0 Å². The summed E-state index contributed by atoms with van der Waals surface area (Å²) in [5.74, 6) is -4.42. The van der Waals surface area contributed by atoms with E-state index in [-0.39, 0.29) is 43.3 Å². The molecule has 0 aromatic carbocycles. The van der Waals surface area contributed by atoms with Crippen LogP contribution < -0.4 is 47.9 Å². The van der Waals surface area contributed by atoms with Gasteiger partial charge in [-0.05, 0) is 6.92 Å². The van der Waals surface area contributed by atoms with Crippen molar-refractivity contribution in [3.05, 3.63) is 12.2 Å². The summed E-state index contributed by atoms with van der Waals surface area (Å²) in [5, 5.41) is 20.3. The van der Waals surface area contributed by atoms with Crippen LogP contribution in [0.25, 0.3) is 0 Å². The third-order valence-corrected chi connectivity index (χ3v) is 1.21. The van der Waals surface area contributed by atoms with Crippen LogP contribution in [0.3, 0.4) is 0 Å². The van der Waals surface area contributed by atoms with Gasteiger partial charge >= 0.3 is 43.7 Å². The van der Waals surface area contributed by atoms with E-state index in [0.29, 0.717) is 0 Å². The molecule has 8 heteroatoms. The Labute approximate surface area is 116 Å². The fourth-order valence-electron chi connectivity index (χ4n) is 0.554. The number of carbonyl (C=O) groups is 3. The first-order chi connectivity index (χ1) is 6.34. The van der Waals surface area contributed by atoms with Crippen LogP contribution in [0, 0.1) is 0 Å². The number of hydrogen-bond donors (Lipinski definition) is 0. The number of rotatable bonds is 5. The summed E-state index contributed by atoms with van der Waals surface area (Å²) < 4.78 is 4.26. The second kappa shape index (κ2) is 9.56. The molecule has 0 aromatic rings. The van der Waals surface area contributed by atoms with Crippen molar-refractivity contribution in [1.82, 2.24) is 0 Å². The number of carboxylic acids is 2. The van der Waals surface area contributed by atoms with Gasteiger partial charge in [-0.25, -0.2) is 4.79 Å². The summed E-state index contributed by atoms with van der Waals surface area (Å²) >= 11 is 0. The SMILES string of the molecule is C=C(C)C(=O)OC(CC(=O)[O-])C(=O)[O-].[Li+].[Li+]. The average Bonchev–Trinajstić information content (AvgIpc) is 2.01. The van der Waals surface area contributed by atoms with Crippen molar-refractivity contribution in [3.63, 3.8) is 0 Å². The van der Waals surface area contributed by atoms with Crippen LogP contribution >= 0.6 is 0 Å². The fourth-order valence-corrected chi connectivity index (χ4v) is 0.554. The van der Waals surface area contributed by atoms with Gasteiger partial charge in [0.05, 0.1) is 5.97 Å². The molecule has 0 rings (SSSR count). The zero-order valence-corrected chi connectivity index (χ0v) is 9.44. The number of hydrogen-bond acceptors (Lipinski definition) is 6. The molecule has 1 unspecified atom stereocenters. The molecule has 0 spiro atoms. The molecular weight excluding hydrogens is 206 g/mol. The fraction of sp³-hybridized carbons (Fsp3) is 0.375. The van der Waals surface area contributed by atoms with Gasteiger partial charge in [-0.1, -0.05) is 6.58 Å². The maximum atomic E-state index is 10.8. The van der Waals surface area contributed by atoms with Crippen LogP contribution in [-0.4, -0.2) is 24.0 Å². The first-order valence-corrected chi connectivity index (χ1v) is 3.61. The van der Waals surface area contributed by atoms with Gasteiger partial charge < -0.3 is 24.5 Å². The van der Waals surface area contributed by atoms with Crippen molar-refractivity contribution in [2.24, 2.45) is 0 Å². The van der Waals surface area contributed by atoms with Crippen molar-refractivity contribution in [1.29, 1.82) is 0 Å². The molecule has 6 nitrogen and oxygen atoms in total. The first kappa shape index (κ1) is 20.7. The quantitative estimate of drug-likeness (QED) is 0.255. The van der Waals surface area contributed by atoms with Gasteiger partial charge in [-0.15, -0.1) is 0 Å². The molecule has 16 heavy (non-hydrogen) atoms. The van der Waals surface area contributed by atoms with E-state index in [1.54, 1.807) is 0 Å². The van der Waals surface area contributed by atoms with E-state index in [1.165, 1.54) is 6.92 Å². The largest absolute Gasteiger partial charge is 1.00 e. The van der Waals surface area contributed by atoms with E-state index in [0.717, 1.165) is 0 Å². The molecule has 0 aliphatic heterocycles. The molecule has 0 fully saturated rings. The Hall–Kier alpha value is -0.655. The van der Waals surface area contributed by atoms with Crippen molar-refractivity contribution in [3.8, 4) is 0 Å². The van der Waals surface area contributed by atoms with E-state index >= 15 is 0 Å². The molecule has 0 saturated heterocycles. The van der Waals surface area contributed by atoms with Crippen molar-refractivity contribution in [2.75, 3.05) is 0 Å². The zero-order valence-electron chi connectivity index (χ0n) is 9.44. The van der Waals surface area contributed by atoms with Crippen LogP contribution in [0.4, 0.5) is 0 Å². The van der Waals surface area contributed by atoms with Crippen LogP contribution in [-0.2, 0) is 19.1 Å². The summed E-state index contributed by atoms with van der Waals surface area (Å²) in [6.45, 7) is 4.49. The number of carbonyl (C=O) groups excluding carboxylic acids is 3. The second-order valence-corrected chi connectivity index (χ2v) is 2.57. The van der Waals surface area contributed by atoms with Crippen LogP contribution in [0.1, 0.15) is 13.3 Å². The van der Waals surface area contributed by atoms with E-state index in [4.69, 9.17) is 0 Å². The molecule has 0 bridgehead atoms. The van der Waals surface area contributed by atoms with Crippen molar-refractivity contribution >= 4 is 17.9 Å². The molecule has 0 heterocycles. The molecule has 0 amide bonds. The Balaban J connectivity index is -0.000000845. The molecule has 0 N–H and O–H groups in total. The van der Waals surface area contributed by atoms with Gasteiger partial charge in [0.25, 0.3) is 0 Å².